The van der Waals surface area contributed by atoms with Gasteiger partial charge in [0.15, 0.2) is 9.84 Å². The van der Waals surface area contributed by atoms with E-state index in [9.17, 15) is 26.0 Å². The Kier molecular flexibility index (Phi) is 7.61. The van der Waals surface area contributed by atoms with Gasteiger partial charge in [0.25, 0.3) is 0 Å². The fraction of sp³-hybridized carbons (Fsp3) is 0.462. The molecule has 1 aliphatic heterocycles. The van der Waals surface area contributed by atoms with Crippen LogP contribution in [-0.2, 0) is 20.8 Å². The average Bonchev–Trinajstić information content (AvgIpc) is 2.84. The van der Waals surface area contributed by atoms with E-state index in [0.29, 0.717) is 31.5 Å². The molecule has 1 unspecified atom stereocenters. The number of halogens is 5. The number of nitrogens with zero attached hydrogens (tertiary/aromatic N) is 1. The first-order valence-electron chi connectivity index (χ1n) is 11.8. The molecule has 10 heteroatoms. The Morgan fingerprint density at radius 1 is 1.17 bits per heavy atom. The van der Waals surface area contributed by atoms with Crippen molar-refractivity contribution < 1.29 is 30.4 Å². The molecule has 0 amide bonds. The van der Waals surface area contributed by atoms with E-state index in [1.54, 1.807) is 18.0 Å². The predicted octanol–water partition coefficient (Wildman–Crippen LogP) is 7.14. The van der Waals surface area contributed by atoms with Crippen molar-refractivity contribution in [3.8, 4) is 0 Å². The highest BCUT2D eigenvalue weighted by molar-refractivity contribution is 7.97. The summed E-state index contributed by atoms with van der Waals surface area (Å²) in [6.45, 7) is 6.48. The number of hydrogen-bond donors (Lipinski definition) is 0. The SMILES string of the molecule is C=CCN1SC(CC)C[C@@H]2C[C@](c3cc(F)ccc3F)(S(=O)(=O)c3ccc(C(F)(F)F)cc3)CC[C@@H]21. The van der Waals surface area contributed by atoms with Crippen molar-refractivity contribution in [2.24, 2.45) is 5.92 Å². The van der Waals surface area contributed by atoms with Gasteiger partial charge in [-0.2, -0.15) is 13.2 Å². The van der Waals surface area contributed by atoms with Crippen LogP contribution in [0.1, 0.15) is 50.2 Å². The molecule has 1 saturated heterocycles. The molecule has 0 spiro atoms. The minimum absolute atomic E-state index is 0.0168. The minimum atomic E-state index is -4.63. The molecule has 0 aromatic heterocycles. The zero-order valence-electron chi connectivity index (χ0n) is 19.8. The first-order valence-corrected chi connectivity index (χ1v) is 14.2. The molecule has 0 bridgehead atoms. The van der Waals surface area contributed by atoms with Crippen LogP contribution < -0.4 is 0 Å². The zero-order valence-corrected chi connectivity index (χ0v) is 21.4. The van der Waals surface area contributed by atoms with Crippen molar-refractivity contribution in [3.63, 3.8) is 0 Å². The van der Waals surface area contributed by atoms with Crippen LogP contribution in [0.3, 0.4) is 0 Å². The van der Waals surface area contributed by atoms with E-state index in [1.165, 1.54) is 0 Å². The summed E-state index contributed by atoms with van der Waals surface area (Å²) < 4.78 is 97.6. The number of fused-ring (bicyclic) bond motifs is 1. The van der Waals surface area contributed by atoms with Gasteiger partial charge in [-0.1, -0.05) is 24.9 Å². The lowest BCUT2D eigenvalue weighted by molar-refractivity contribution is -0.137. The van der Waals surface area contributed by atoms with Gasteiger partial charge in [0.05, 0.1) is 10.5 Å². The summed E-state index contributed by atoms with van der Waals surface area (Å²) in [5, 5.41) is 0.230. The molecule has 2 aromatic rings. The van der Waals surface area contributed by atoms with E-state index in [0.717, 1.165) is 36.8 Å². The van der Waals surface area contributed by atoms with Crippen molar-refractivity contribution in [3.05, 3.63) is 77.9 Å². The van der Waals surface area contributed by atoms with Gasteiger partial charge in [-0.3, -0.25) is 0 Å². The molecule has 0 N–H and O–H groups in total. The number of alkyl halides is 3. The first-order chi connectivity index (χ1) is 16.9. The zero-order chi connectivity index (χ0) is 26.3. The van der Waals surface area contributed by atoms with E-state index >= 15 is 4.39 Å². The third kappa shape index (κ3) is 4.84. The second kappa shape index (κ2) is 10.1. The Bertz CT molecular complexity index is 1220. The lowest BCUT2D eigenvalue weighted by Crippen LogP contribution is -2.52. The summed E-state index contributed by atoms with van der Waals surface area (Å²) in [4.78, 5) is -0.335. The molecular weight excluding hydrogens is 517 g/mol. The van der Waals surface area contributed by atoms with Crippen LogP contribution in [0.15, 0.2) is 60.0 Å². The van der Waals surface area contributed by atoms with E-state index in [1.807, 2.05) is 6.92 Å². The minimum Gasteiger partial charge on any atom is -0.243 e. The lowest BCUT2D eigenvalue weighted by Gasteiger charge is -2.51. The molecule has 4 rings (SSSR count). The number of hydrogen-bond acceptors (Lipinski definition) is 4. The molecular formula is C26H28F5NO2S2. The Morgan fingerprint density at radius 2 is 1.86 bits per heavy atom. The van der Waals surface area contributed by atoms with Gasteiger partial charge < -0.3 is 0 Å². The van der Waals surface area contributed by atoms with E-state index < -0.39 is 38.0 Å². The second-order valence-corrected chi connectivity index (χ2v) is 13.1. The summed E-state index contributed by atoms with van der Waals surface area (Å²) in [7, 11) is -4.40. The molecule has 36 heavy (non-hydrogen) atoms. The third-order valence-corrected chi connectivity index (χ3v) is 11.4. The summed E-state index contributed by atoms with van der Waals surface area (Å²) in [6, 6.07) is 6.05. The number of rotatable bonds is 6. The Morgan fingerprint density at radius 3 is 2.47 bits per heavy atom. The second-order valence-electron chi connectivity index (χ2n) is 9.47. The van der Waals surface area contributed by atoms with Gasteiger partial charge in [-0.25, -0.2) is 21.5 Å². The number of benzene rings is 2. The number of sulfone groups is 1. The summed E-state index contributed by atoms with van der Waals surface area (Å²) in [5.41, 5.74) is -1.24. The van der Waals surface area contributed by atoms with E-state index in [-0.39, 0.29) is 40.5 Å². The highest BCUT2D eigenvalue weighted by Crippen LogP contribution is 2.54. The first kappa shape index (κ1) is 27.1. The van der Waals surface area contributed by atoms with Crippen molar-refractivity contribution in [1.82, 2.24) is 4.31 Å². The van der Waals surface area contributed by atoms with E-state index in [4.69, 9.17) is 0 Å². The van der Waals surface area contributed by atoms with Crippen molar-refractivity contribution in [2.45, 2.75) is 66.1 Å². The van der Waals surface area contributed by atoms with Crippen molar-refractivity contribution in [2.75, 3.05) is 6.54 Å². The molecule has 2 aromatic carbocycles. The van der Waals surface area contributed by atoms with E-state index in [2.05, 4.69) is 10.9 Å². The largest absolute Gasteiger partial charge is 0.416 e. The van der Waals surface area contributed by atoms with Crippen LogP contribution in [0.25, 0.3) is 0 Å². The molecule has 1 saturated carbocycles. The quantitative estimate of drug-likeness (QED) is 0.220. The molecule has 0 radical (unpaired) electrons. The standard InChI is InChI=1S/C26H28F5NO2S2/c1-3-13-32-24-11-12-25(16-17(24)14-20(4-2)35-32,22-15-19(27)7-10-23(22)28)36(33,34)21-8-5-18(6-9-21)26(29,30)31/h3,5-10,15,17,20,24H,1,4,11-14,16H2,2H3/t17-,20?,24+,25-/m1/s1. The van der Waals surface area contributed by atoms with Gasteiger partial charge in [-0.05, 0) is 80.5 Å². The Hall–Kier alpha value is -1.91. The fourth-order valence-corrected chi connectivity index (χ4v) is 9.33. The van der Waals surface area contributed by atoms with Gasteiger partial charge >= 0.3 is 6.18 Å². The molecule has 1 heterocycles. The summed E-state index contributed by atoms with van der Waals surface area (Å²) >= 11 is 1.72. The Balaban J connectivity index is 1.84. The molecule has 2 fully saturated rings. The molecule has 2 aliphatic rings. The monoisotopic (exact) mass is 545 g/mol. The predicted molar refractivity (Wildman–Crippen MR) is 131 cm³/mol. The molecule has 3 nitrogen and oxygen atoms in total. The normalized spacial score (nSPS) is 27.4. The molecule has 196 valence electrons. The molecule has 1 aliphatic carbocycles. The maximum atomic E-state index is 15.2. The van der Waals surface area contributed by atoms with Gasteiger partial charge in [-0.15, -0.1) is 6.58 Å². The fourth-order valence-electron chi connectivity index (χ4n) is 5.62. The summed E-state index contributed by atoms with van der Waals surface area (Å²) in [6.07, 6.45) is -0.798. The lowest BCUT2D eigenvalue weighted by atomic mass is 9.72. The van der Waals surface area contributed by atoms with Crippen LogP contribution in [0, 0.1) is 17.6 Å². The topological polar surface area (TPSA) is 37.4 Å². The van der Waals surface area contributed by atoms with Crippen LogP contribution in [0.4, 0.5) is 22.0 Å². The van der Waals surface area contributed by atoms with Gasteiger partial charge in [0.1, 0.15) is 16.4 Å². The van der Waals surface area contributed by atoms with Crippen molar-refractivity contribution in [1.29, 1.82) is 0 Å². The maximum absolute atomic E-state index is 15.2. The highest BCUT2D eigenvalue weighted by Gasteiger charge is 2.55. The van der Waals surface area contributed by atoms with Crippen LogP contribution in [0.2, 0.25) is 0 Å². The Labute approximate surface area is 212 Å². The van der Waals surface area contributed by atoms with Gasteiger partial charge in [0, 0.05) is 23.4 Å². The maximum Gasteiger partial charge on any atom is 0.416 e. The summed E-state index contributed by atoms with van der Waals surface area (Å²) in [5.74, 6) is -1.74. The van der Waals surface area contributed by atoms with Crippen molar-refractivity contribution >= 4 is 21.8 Å². The van der Waals surface area contributed by atoms with Gasteiger partial charge in [0.2, 0.25) is 0 Å². The third-order valence-electron chi connectivity index (χ3n) is 7.39. The average molecular weight is 546 g/mol. The highest BCUT2D eigenvalue weighted by atomic mass is 32.2. The van der Waals surface area contributed by atoms with Crippen LogP contribution in [0.5, 0.6) is 0 Å². The van der Waals surface area contributed by atoms with Crippen LogP contribution in [-0.4, -0.2) is 30.6 Å². The molecule has 4 atom stereocenters. The smallest absolute Gasteiger partial charge is 0.243 e. The van der Waals surface area contributed by atoms with Crippen LogP contribution >= 0.6 is 11.9 Å².